The number of esters is 2. The number of nitrogens with zero attached hydrogens (tertiary/aromatic N) is 1. The van der Waals surface area contributed by atoms with Gasteiger partial charge in [-0.3, -0.25) is 9.59 Å². The average Bonchev–Trinajstić information content (AvgIpc) is 2.88. The molecule has 2 rings (SSSR count). The van der Waals surface area contributed by atoms with Gasteiger partial charge >= 0.3 is 18.0 Å². The van der Waals surface area contributed by atoms with E-state index in [2.05, 4.69) is 41.9 Å². The Balaban J connectivity index is 2.18. The number of nitrogens with one attached hydrogen (secondary N) is 1. The summed E-state index contributed by atoms with van der Waals surface area (Å²) >= 11 is 6.67. The van der Waals surface area contributed by atoms with E-state index in [9.17, 15) is 19.2 Å². The Morgan fingerprint density at radius 3 is 2.39 bits per heavy atom. The van der Waals surface area contributed by atoms with Gasteiger partial charge in [-0.2, -0.15) is 0 Å². The third-order valence-electron chi connectivity index (χ3n) is 3.45. The van der Waals surface area contributed by atoms with Gasteiger partial charge in [0, 0.05) is 0 Å². The van der Waals surface area contributed by atoms with Crippen molar-refractivity contribution in [2.45, 2.75) is 6.92 Å². The van der Waals surface area contributed by atoms with Crippen LogP contribution in [0.3, 0.4) is 0 Å². The van der Waals surface area contributed by atoms with Crippen LogP contribution in [0.5, 0.6) is 5.75 Å². The lowest BCUT2D eigenvalue weighted by Crippen LogP contribution is -2.36. The number of amides is 3. The molecule has 0 aliphatic carbocycles. The van der Waals surface area contributed by atoms with E-state index in [4.69, 9.17) is 9.47 Å². The summed E-state index contributed by atoms with van der Waals surface area (Å²) in [5.74, 6) is -1.48. The number of rotatable bonds is 7. The molecule has 0 bridgehead atoms. The second-order valence-electron chi connectivity index (χ2n) is 5.36. The summed E-state index contributed by atoms with van der Waals surface area (Å²) in [5, 5.41) is 2.41. The topological polar surface area (TPSA) is 111 Å². The molecule has 0 atom stereocenters. The molecule has 1 N–H and O–H groups in total. The first-order chi connectivity index (χ1) is 13.3. The SMILES string of the molecule is CCOC(=O)COc1c(Br)cc(/C=C2/NC(=O)N(CC(=O)OC)C2=O)cc1Br. The molecule has 0 unspecified atom stereocenters. The Bertz CT molecular complexity index is 831. The van der Waals surface area contributed by atoms with E-state index in [1.165, 1.54) is 6.08 Å². The van der Waals surface area contributed by atoms with E-state index in [-0.39, 0.29) is 18.9 Å². The van der Waals surface area contributed by atoms with E-state index < -0.39 is 30.4 Å². The lowest BCUT2D eigenvalue weighted by atomic mass is 10.2. The highest BCUT2D eigenvalue weighted by Crippen LogP contribution is 2.35. The first kappa shape index (κ1) is 21.9. The van der Waals surface area contributed by atoms with Gasteiger partial charge in [0.1, 0.15) is 18.0 Å². The van der Waals surface area contributed by atoms with Crippen molar-refractivity contribution in [1.29, 1.82) is 0 Å². The lowest BCUT2D eigenvalue weighted by molar-refractivity contribution is -0.145. The monoisotopic (exact) mass is 518 g/mol. The fourth-order valence-corrected chi connectivity index (χ4v) is 3.66. The van der Waals surface area contributed by atoms with Gasteiger partial charge in [0.25, 0.3) is 5.91 Å². The van der Waals surface area contributed by atoms with Crippen molar-refractivity contribution in [3.63, 3.8) is 0 Å². The number of halogens is 2. The molecule has 0 radical (unpaired) electrons. The number of carbonyl (C=O) groups excluding carboxylic acids is 4. The van der Waals surface area contributed by atoms with Crippen LogP contribution in [0.1, 0.15) is 12.5 Å². The zero-order valence-electron chi connectivity index (χ0n) is 14.9. The van der Waals surface area contributed by atoms with E-state index in [1.807, 2.05) is 0 Å². The summed E-state index contributed by atoms with van der Waals surface area (Å²) in [4.78, 5) is 47.7. The van der Waals surface area contributed by atoms with Gasteiger partial charge in [-0.1, -0.05) is 0 Å². The highest BCUT2D eigenvalue weighted by molar-refractivity contribution is 9.11. The zero-order chi connectivity index (χ0) is 20.8. The Morgan fingerprint density at radius 1 is 1.18 bits per heavy atom. The van der Waals surface area contributed by atoms with Gasteiger partial charge in [0.15, 0.2) is 6.61 Å². The number of ether oxygens (including phenoxy) is 3. The van der Waals surface area contributed by atoms with Crippen LogP contribution in [-0.2, 0) is 23.9 Å². The van der Waals surface area contributed by atoms with Crippen molar-refractivity contribution in [3.05, 3.63) is 32.3 Å². The molecule has 0 aromatic heterocycles. The van der Waals surface area contributed by atoms with Crippen LogP contribution in [0.2, 0.25) is 0 Å². The fraction of sp³-hybridized carbons (Fsp3) is 0.294. The van der Waals surface area contributed by atoms with Crippen molar-refractivity contribution < 1.29 is 33.4 Å². The largest absolute Gasteiger partial charge is 0.480 e. The molecule has 1 aliphatic heterocycles. The Labute approximate surface area is 177 Å². The average molecular weight is 520 g/mol. The summed E-state index contributed by atoms with van der Waals surface area (Å²) in [5.41, 5.74) is 0.568. The van der Waals surface area contributed by atoms with Crippen LogP contribution in [-0.4, -0.2) is 55.6 Å². The Hall–Kier alpha value is -2.40. The van der Waals surface area contributed by atoms with Crippen molar-refractivity contribution in [3.8, 4) is 5.75 Å². The molecular formula is C17H16Br2N2O7. The highest BCUT2D eigenvalue weighted by Gasteiger charge is 2.35. The predicted octanol–water partition coefficient (Wildman–Crippen LogP) is 2.22. The number of imide groups is 1. The lowest BCUT2D eigenvalue weighted by Gasteiger charge is -2.11. The van der Waals surface area contributed by atoms with Crippen molar-refractivity contribution in [2.24, 2.45) is 0 Å². The van der Waals surface area contributed by atoms with Crippen LogP contribution in [0.25, 0.3) is 6.08 Å². The summed E-state index contributed by atoms with van der Waals surface area (Å²) in [7, 11) is 1.16. The molecule has 1 fully saturated rings. The van der Waals surface area contributed by atoms with Crippen LogP contribution in [0.15, 0.2) is 26.8 Å². The summed E-state index contributed by atoms with van der Waals surface area (Å²) in [6.07, 6.45) is 1.45. The van der Waals surface area contributed by atoms with Gasteiger partial charge in [0.05, 0.1) is 22.7 Å². The molecule has 1 aliphatic rings. The normalized spacial score (nSPS) is 14.9. The van der Waals surface area contributed by atoms with Crippen molar-refractivity contribution in [2.75, 3.05) is 26.9 Å². The third kappa shape index (κ3) is 5.32. The molecule has 1 saturated heterocycles. The second kappa shape index (κ2) is 9.69. The van der Waals surface area contributed by atoms with Gasteiger partial charge < -0.3 is 19.5 Å². The van der Waals surface area contributed by atoms with Gasteiger partial charge in [-0.05, 0) is 62.6 Å². The molecule has 1 heterocycles. The van der Waals surface area contributed by atoms with E-state index in [0.717, 1.165) is 12.0 Å². The number of benzene rings is 1. The van der Waals surface area contributed by atoms with Crippen molar-refractivity contribution >= 4 is 61.8 Å². The molecule has 150 valence electrons. The molecule has 0 saturated carbocycles. The molecular weight excluding hydrogens is 504 g/mol. The molecule has 1 aromatic carbocycles. The number of hydrogen-bond acceptors (Lipinski definition) is 7. The Morgan fingerprint density at radius 2 is 1.82 bits per heavy atom. The van der Waals surface area contributed by atoms with Crippen LogP contribution >= 0.6 is 31.9 Å². The first-order valence-corrected chi connectivity index (χ1v) is 9.54. The van der Waals surface area contributed by atoms with Crippen LogP contribution < -0.4 is 10.1 Å². The molecule has 1 aromatic rings. The Kier molecular flexibility index (Phi) is 7.58. The number of methoxy groups -OCH3 is 1. The maximum atomic E-state index is 12.3. The standard InChI is InChI=1S/C17H16Br2N2O7/c1-3-27-14(23)8-28-15-10(18)4-9(5-11(15)19)6-12-16(24)21(17(25)20-12)7-13(22)26-2/h4-6H,3,7-8H2,1-2H3,(H,20,25)/b12-6+. The van der Waals surface area contributed by atoms with Crippen LogP contribution in [0, 0.1) is 0 Å². The summed E-state index contributed by atoms with van der Waals surface area (Å²) in [6, 6.07) is 2.57. The number of urea groups is 1. The second-order valence-corrected chi connectivity index (χ2v) is 7.07. The summed E-state index contributed by atoms with van der Waals surface area (Å²) in [6.45, 7) is 1.21. The molecule has 11 heteroatoms. The minimum atomic E-state index is -0.714. The predicted molar refractivity (Wildman–Crippen MR) is 104 cm³/mol. The molecule has 28 heavy (non-hydrogen) atoms. The zero-order valence-corrected chi connectivity index (χ0v) is 18.1. The highest BCUT2D eigenvalue weighted by atomic mass is 79.9. The minimum Gasteiger partial charge on any atom is -0.480 e. The molecule has 3 amide bonds. The van der Waals surface area contributed by atoms with Crippen LogP contribution in [0.4, 0.5) is 4.79 Å². The van der Waals surface area contributed by atoms with Gasteiger partial charge in [-0.25, -0.2) is 14.5 Å². The van der Waals surface area contributed by atoms with E-state index in [1.54, 1.807) is 19.1 Å². The maximum Gasteiger partial charge on any atom is 0.344 e. The van der Waals surface area contributed by atoms with E-state index >= 15 is 0 Å². The van der Waals surface area contributed by atoms with Crippen molar-refractivity contribution in [1.82, 2.24) is 10.2 Å². The van der Waals surface area contributed by atoms with E-state index in [0.29, 0.717) is 20.3 Å². The number of carbonyl (C=O) groups is 4. The molecule has 0 spiro atoms. The third-order valence-corrected chi connectivity index (χ3v) is 4.63. The maximum absolute atomic E-state index is 12.3. The minimum absolute atomic E-state index is 0.00731. The van der Waals surface area contributed by atoms with Gasteiger partial charge in [0.2, 0.25) is 0 Å². The molecule has 9 nitrogen and oxygen atoms in total. The fourth-order valence-electron chi connectivity index (χ4n) is 2.21. The summed E-state index contributed by atoms with van der Waals surface area (Å²) < 4.78 is 15.7. The number of hydrogen-bond donors (Lipinski definition) is 1. The van der Waals surface area contributed by atoms with Gasteiger partial charge in [-0.15, -0.1) is 0 Å². The quantitative estimate of drug-likeness (QED) is 0.334. The smallest absolute Gasteiger partial charge is 0.344 e. The first-order valence-electron chi connectivity index (χ1n) is 7.95.